The van der Waals surface area contributed by atoms with Gasteiger partial charge in [0.05, 0.1) is 20.3 Å². The van der Waals surface area contributed by atoms with Crippen LogP contribution >= 0.6 is 0 Å². The van der Waals surface area contributed by atoms with E-state index < -0.39 is 0 Å². The van der Waals surface area contributed by atoms with Crippen molar-refractivity contribution in [2.24, 2.45) is 5.92 Å². The van der Waals surface area contributed by atoms with E-state index in [4.69, 9.17) is 9.47 Å². The molecule has 0 aromatic heterocycles. The molecule has 0 saturated heterocycles. The van der Waals surface area contributed by atoms with E-state index in [1.165, 1.54) is 18.4 Å². The van der Waals surface area contributed by atoms with E-state index in [0.717, 1.165) is 11.3 Å². The standard InChI is InChI=1S/C15H18O2/c1-3-13(14-6-7-14)11-17-10-12-4-8-15(16-2)9-5-12/h4-5,8-9,14H,1,6-7,10-11H2,2H3. The first-order valence-electron chi connectivity index (χ1n) is 5.93. The number of rotatable bonds is 6. The van der Waals surface area contributed by atoms with Crippen LogP contribution in [0.5, 0.6) is 5.75 Å². The summed E-state index contributed by atoms with van der Waals surface area (Å²) in [5.41, 5.74) is 5.37. The molecule has 0 N–H and O–H groups in total. The Kier molecular flexibility index (Phi) is 4.03. The van der Waals surface area contributed by atoms with Gasteiger partial charge in [0.25, 0.3) is 0 Å². The third kappa shape index (κ3) is 3.48. The van der Waals surface area contributed by atoms with Crippen LogP contribution in [0.2, 0.25) is 0 Å². The molecule has 1 fully saturated rings. The fourth-order valence-corrected chi connectivity index (χ4v) is 1.75. The summed E-state index contributed by atoms with van der Waals surface area (Å²) in [6.45, 7) is 4.99. The van der Waals surface area contributed by atoms with Gasteiger partial charge in [0.2, 0.25) is 0 Å². The molecule has 0 unspecified atom stereocenters. The quantitative estimate of drug-likeness (QED) is 0.698. The van der Waals surface area contributed by atoms with Gasteiger partial charge in [-0.1, -0.05) is 18.7 Å². The Morgan fingerprint density at radius 1 is 1.35 bits per heavy atom. The Morgan fingerprint density at radius 3 is 2.59 bits per heavy atom. The summed E-state index contributed by atoms with van der Waals surface area (Å²) in [5, 5.41) is 0. The van der Waals surface area contributed by atoms with Gasteiger partial charge >= 0.3 is 0 Å². The Morgan fingerprint density at radius 2 is 2.06 bits per heavy atom. The maximum absolute atomic E-state index is 5.67. The van der Waals surface area contributed by atoms with Crippen molar-refractivity contribution in [1.82, 2.24) is 0 Å². The van der Waals surface area contributed by atoms with Gasteiger partial charge in [0.15, 0.2) is 0 Å². The smallest absolute Gasteiger partial charge is 0.118 e. The number of ether oxygens (including phenoxy) is 2. The lowest BCUT2D eigenvalue weighted by atomic mass is 10.2. The van der Waals surface area contributed by atoms with Crippen molar-refractivity contribution >= 4 is 0 Å². The predicted octanol–water partition coefficient (Wildman–Crippen LogP) is 3.33. The highest BCUT2D eigenvalue weighted by atomic mass is 16.5. The van der Waals surface area contributed by atoms with Crippen molar-refractivity contribution < 1.29 is 9.47 Å². The van der Waals surface area contributed by atoms with Crippen molar-refractivity contribution in [3.8, 4) is 5.75 Å². The third-order valence-corrected chi connectivity index (χ3v) is 2.98. The number of hydrogen-bond acceptors (Lipinski definition) is 2. The van der Waals surface area contributed by atoms with E-state index in [-0.39, 0.29) is 0 Å². The summed E-state index contributed by atoms with van der Waals surface area (Å²) in [5.74, 6) is 1.56. The lowest BCUT2D eigenvalue weighted by Gasteiger charge is -2.06. The average molecular weight is 230 g/mol. The van der Waals surface area contributed by atoms with Crippen LogP contribution in [0, 0.1) is 5.92 Å². The Bertz CT molecular complexity index is 409. The van der Waals surface area contributed by atoms with E-state index in [0.29, 0.717) is 19.1 Å². The molecule has 17 heavy (non-hydrogen) atoms. The minimum atomic E-state index is 0.627. The van der Waals surface area contributed by atoms with Crippen LogP contribution < -0.4 is 4.74 Å². The maximum Gasteiger partial charge on any atom is 0.118 e. The van der Waals surface area contributed by atoms with E-state index in [1.54, 1.807) is 7.11 Å². The van der Waals surface area contributed by atoms with E-state index >= 15 is 0 Å². The normalized spacial score (nSPS) is 14.2. The van der Waals surface area contributed by atoms with Gasteiger partial charge in [-0.2, -0.15) is 0 Å². The molecule has 0 aliphatic heterocycles. The summed E-state index contributed by atoms with van der Waals surface area (Å²) in [4.78, 5) is 0. The number of methoxy groups -OCH3 is 1. The lowest BCUT2D eigenvalue weighted by molar-refractivity contribution is 0.140. The summed E-state index contributed by atoms with van der Waals surface area (Å²) in [7, 11) is 1.67. The van der Waals surface area contributed by atoms with Crippen molar-refractivity contribution in [2.75, 3.05) is 13.7 Å². The second-order valence-corrected chi connectivity index (χ2v) is 4.32. The highest BCUT2D eigenvalue weighted by Crippen LogP contribution is 2.35. The highest BCUT2D eigenvalue weighted by molar-refractivity contribution is 5.26. The molecule has 1 aromatic rings. The molecule has 0 atom stereocenters. The molecule has 2 heteroatoms. The fourth-order valence-electron chi connectivity index (χ4n) is 1.75. The maximum atomic E-state index is 5.67. The SMILES string of the molecule is C=C=C(COCc1ccc(OC)cc1)C1CC1. The molecule has 90 valence electrons. The second kappa shape index (κ2) is 5.72. The number of hydrogen-bond donors (Lipinski definition) is 0. The Hall–Kier alpha value is -1.50. The van der Waals surface area contributed by atoms with E-state index in [2.05, 4.69) is 12.3 Å². The largest absolute Gasteiger partial charge is 0.497 e. The first-order chi connectivity index (χ1) is 8.33. The monoisotopic (exact) mass is 230 g/mol. The molecule has 1 saturated carbocycles. The summed E-state index contributed by atoms with van der Waals surface area (Å²) < 4.78 is 10.8. The van der Waals surface area contributed by atoms with Crippen LogP contribution in [0.4, 0.5) is 0 Å². The minimum absolute atomic E-state index is 0.627. The van der Waals surface area contributed by atoms with Gasteiger partial charge in [-0.05, 0) is 42.0 Å². The zero-order chi connectivity index (χ0) is 12.1. The summed E-state index contributed by atoms with van der Waals surface area (Å²) >= 11 is 0. The van der Waals surface area contributed by atoms with Gasteiger partial charge in [0.1, 0.15) is 5.75 Å². The van der Waals surface area contributed by atoms with Crippen LogP contribution in [0.3, 0.4) is 0 Å². The van der Waals surface area contributed by atoms with Crippen LogP contribution in [0.25, 0.3) is 0 Å². The molecular formula is C15H18O2. The van der Waals surface area contributed by atoms with Crippen LogP contribution in [0.1, 0.15) is 18.4 Å². The Labute approximate surface area is 103 Å². The predicted molar refractivity (Wildman–Crippen MR) is 68.0 cm³/mol. The molecule has 0 amide bonds. The van der Waals surface area contributed by atoms with Gasteiger partial charge < -0.3 is 9.47 Å². The summed E-state index contributed by atoms with van der Waals surface area (Å²) in [6, 6.07) is 7.94. The van der Waals surface area contributed by atoms with Gasteiger partial charge in [-0.3, -0.25) is 0 Å². The first kappa shape index (κ1) is 12.0. The van der Waals surface area contributed by atoms with Gasteiger partial charge in [0, 0.05) is 0 Å². The average Bonchev–Trinajstić information content (AvgIpc) is 3.20. The molecule has 0 spiro atoms. The van der Waals surface area contributed by atoms with Crippen molar-refractivity contribution in [1.29, 1.82) is 0 Å². The molecule has 1 aliphatic carbocycles. The molecule has 2 nitrogen and oxygen atoms in total. The number of benzene rings is 1. The van der Waals surface area contributed by atoms with Crippen molar-refractivity contribution in [3.05, 3.63) is 47.7 Å². The lowest BCUT2D eigenvalue weighted by Crippen LogP contribution is -1.99. The zero-order valence-corrected chi connectivity index (χ0v) is 10.2. The molecule has 1 aliphatic rings. The molecule has 0 radical (unpaired) electrons. The topological polar surface area (TPSA) is 18.5 Å². The zero-order valence-electron chi connectivity index (χ0n) is 10.2. The molecule has 1 aromatic carbocycles. The van der Waals surface area contributed by atoms with E-state index in [9.17, 15) is 0 Å². The Balaban J connectivity index is 1.79. The minimum Gasteiger partial charge on any atom is -0.497 e. The van der Waals surface area contributed by atoms with E-state index in [1.807, 2.05) is 24.3 Å². The molecule has 0 heterocycles. The van der Waals surface area contributed by atoms with Crippen molar-refractivity contribution in [2.45, 2.75) is 19.4 Å². The fraction of sp³-hybridized carbons (Fsp3) is 0.400. The first-order valence-corrected chi connectivity index (χ1v) is 5.93. The second-order valence-electron chi connectivity index (χ2n) is 4.32. The molecule has 2 rings (SSSR count). The van der Waals surface area contributed by atoms with Crippen LogP contribution in [0.15, 0.2) is 42.1 Å². The van der Waals surface area contributed by atoms with Crippen LogP contribution in [-0.4, -0.2) is 13.7 Å². The third-order valence-electron chi connectivity index (χ3n) is 2.98. The summed E-state index contributed by atoms with van der Waals surface area (Å²) in [6.07, 6.45) is 2.54. The van der Waals surface area contributed by atoms with Crippen LogP contribution in [-0.2, 0) is 11.3 Å². The molecule has 0 bridgehead atoms. The highest BCUT2D eigenvalue weighted by Gasteiger charge is 2.25. The van der Waals surface area contributed by atoms with Gasteiger partial charge in [-0.25, -0.2) is 0 Å². The molecular weight excluding hydrogens is 212 g/mol. The van der Waals surface area contributed by atoms with Crippen molar-refractivity contribution in [3.63, 3.8) is 0 Å². The van der Waals surface area contributed by atoms with Gasteiger partial charge in [-0.15, -0.1) is 5.73 Å².